The number of aryl methyl sites for hydroxylation is 1. The molecule has 0 saturated carbocycles. The van der Waals surface area contributed by atoms with Gasteiger partial charge in [-0.1, -0.05) is 16.8 Å². The van der Waals surface area contributed by atoms with Gasteiger partial charge >= 0.3 is 6.18 Å². The van der Waals surface area contributed by atoms with E-state index in [0.717, 1.165) is 6.07 Å². The van der Waals surface area contributed by atoms with E-state index >= 15 is 0 Å². The number of aromatic nitrogens is 2. The fourth-order valence-corrected chi connectivity index (χ4v) is 3.42. The van der Waals surface area contributed by atoms with E-state index in [9.17, 15) is 23.3 Å². The number of anilines is 1. The topological polar surface area (TPSA) is 88.5 Å². The van der Waals surface area contributed by atoms with Crippen LogP contribution in [0.4, 0.5) is 24.5 Å². The van der Waals surface area contributed by atoms with Crippen molar-refractivity contribution < 1.29 is 22.6 Å². The highest BCUT2D eigenvalue weighted by molar-refractivity contribution is 6.31. The smallest absolute Gasteiger partial charge is 0.363 e. The van der Waals surface area contributed by atoms with Gasteiger partial charge in [0, 0.05) is 32.2 Å². The molecule has 2 aromatic rings. The molecule has 8 nitrogen and oxygen atoms in total. The number of piperazine rings is 1. The van der Waals surface area contributed by atoms with Crippen LogP contribution in [-0.4, -0.2) is 46.1 Å². The van der Waals surface area contributed by atoms with Crippen molar-refractivity contribution in [1.29, 1.82) is 0 Å². The molecular formula is C16H17ClF3N5O3. The number of rotatable bonds is 4. The molecular weight excluding hydrogens is 403 g/mol. The van der Waals surface area contributed by atoms with Crippen LogP contribution in [0.2, 0.25) is 5.02 Å². The van der Waals surface area contributed by atoms with Crippen LogP contribution in [0, 0.1) is 17.0 Å². The number of nitro groups is 1. The minimum absolute atomic E-state index is 0.0731. The molecule has 1 saturated heterocycles. The van der Waals surface area contributed by atoms with E-state index in [2.05, 4.69) is 15.0 Å². The Bertz CT molecular complexity index is 881. The molecule has 0 aliphatic carbocycles. The maximum absolute atomic E-state index is 13.0. The average Bonchev–Trinajstić information content (AvgIpc) is 3.06. The number of halogens is 4. The van der Waals surface area contributed by atoms with Crippen LogP contribution >= 0.6 is 11.6 Å². The molecule has 0 amide bonds. The summed E-state index contributed by atoms with van der Waals surface area (Å²) in [6, 6.07) is 1.37. The van der Waals surface area contributed by atoms with Crippen LogP contribution < -0.4 is 4.90 Å². The van der Waals surface area contributed by atoms with Crippen molar-refractivity contribution in [1.82, 2.24) is 15.0 Å². The van der Waals surface area contributed by atoms with Crippen LogP contribution in [-0.2, 0) is 6.18 Å². The Morgan fingerprint density at radius 3 is 2.43 bits per heavy atom. The summed E-state index contributed by atoms with van der Waals surface area (Å²) in [6.45, 7) is 5.39. The van der Waals surface area contributed by atoms with Crippen molar-refractivity contribution in [3.05, 3.63) is 44.5 Å². The zero-order valence-corrected chi connectivity index (χ0v) is 15.8. The number of hydrogen-bond acceptors (Lipinski definition) is 7. The minimum Gasteiger partial charge on any atom is -0.363 e. The quantitative estimate of drug-likeness (QED) is 0.549. The maximum Gasteiger partial charge on any atom is 0.418 e. The Morgan fingerprint density at radius 2 is 1.93 bits per heavy atom. The lowest BCUT2D eigenvalue weighted by molar-refractivity contribution is -0.384. The third-order valence-electron chi connectivity index (χ3n) is 4.67. The minimum atomic E-state index is -4.77. The molecule has 1 unspecified atom stereocenters. The van der Waals surface area contributed by atoms with Crippen molar-refractivity contribution in [2.75, 3.05) is 31.1 Å². The summed E-state index contributed by atoms with van der Waals surface area (Å²) < 4.78 is 44.2. The lowest BCUT2D eigenvalue weighted by Crippen LogP contribution is -2.47. The van der Waals surface area contributed by atoms with Gasteiger partial charge in [0.25, 0.3) is 5.69 Å². The average molecular weight is 420 g/mol. The summed E-state index contributed by atoms with van der Waals surface area (Å²) in [6.07, 6.45) is -4.77. The summed E-state index contributed by atoms with van der Waals surface area (Å²) in [7, 11) is 0. The van der Waals surface area contributed by atoms with Crippen LogP contribution in [0.3, 0.4) is 0 Å². The van der Waals surface area contributed by atoms with E-state index in [1.54, 1.807) is 11.8 Å². The van der Waals surface area contributed by atoms with Crippen LogP contribution in [0.25, 0.3) is 0 Å². The monoisotopic (exact) mass is 419 g/mol. The molecule has 0 N–H and O–H groups in total. The Kier molecular flexibility index (Phi) is 5.48. The zero-order valence-electron chi connectivity index (χ0n) is 15.0. The lowest BCUT2D eigenvalue weighted by atomic mass is 10.1. The van der Waals surface area contributed by atoms with Gasteiger partial charge in [-0.05, 0) is 19.9 Å². The summed E-state index contributed by atoms with van der Waals surface area (Å²) in [5, 5.41) is 14.5. The molecule has 3 rings (SSSR count). The Labute approximate surface area is 163 Å². The molecule has 12 heteroatoms. The van der Waals surface area contributed by atoms with E-state index in [0.29, 0.717) is 44.0 Å². The standard InChI is InChI=1S/C16H17ClF3N5O3/c1-9(15-21-10(2)22-28-15)23-3-5-24(6-4-23)13-8-12(17)11(16(18,19)20)7-14(13)25(26)27/h7-9H,3-6H2,1-2H3. The van der Waals surface area contributed by atoms with Crippen LogP contribution in [0.15, 0.2) is 16.7 Å². The number of nitro benzene ring substituents is 1. The summed E-state index contributed by atoms with van der Waals surface area (Å²) in [5.74, 6) is 0.991. The fourth-order valence-electron chi connectivity index (χ4n) is 3.16. The first-order chi connectivity index (χ1) is 13.1. The molecule has 2 heterocycles. The highest BCUT2D eigenvalue weighted by Crippen LogP contribution is 2.41. The van der Waals surface area contributed by atoms with Gasteiger partial charge < -0.3 is 9.42 Å². The summed E-state index contributed by atoms with van der Waals surface area (Å²) >= 11 is 5.76. The molecule has 0 radical (unpaired) electrons. The fraction of sp³-hybridized carbons (Fsp3) is 0.500. The maximum atomic E-state index is 13.0. The number of hydrogen-bond donors (Lipinski definition) is 0. The van der Waals surface area contributed by atoms with E-state index in [4.69, 9.17) is 16.1 Å². The Hall–Kier alpha value is -2.40. The van der Waals surface area contributed by atoms with Gasteiger partial charge in [-0.2, -0.15) is 18.2 Å². The second-order valence-corrected chi connectivity index (χ2v) is 6.86. The van der Waals surface area contributed by atoms with Crippen LogP contribution in [0.1, 0.15) is 30.2 Å². The molecule has 1 aliphatic heterocycles. The predicted octanol–water partition coefficient (Wildman–Crippen LogP) is 3.84. The van der Waals surface area contributed by atoms with E-state index in [-0.39, 0.29) is 11.7 Å². The Balaban J connectivity index is 1.80. The van der Waals surface area contributed by atoms with Crippen molar-refractivity contribution in [3.8, 4) is 0 Å². The number of alkyl halides is 3. The van der Waals surface area contributed by atoms with Crippen molar-refractivity contribution in [2.24, 2.45) is 0 Å². The van der Waals surface area contributed by atoms with E-state index in [1.807, 2.05) is 6.92 Å². The van der Waals surface area contributed by atoms with Gasteiger partial charge in [0.1, 0.15) is 5.69 Å². The Morgan fingerprint density at radius 1 is 1.29 bits per heavy atom. The molecule has 0 bridgehead atoms. The predicted molar refractivity (Wildman–Crippen MR) is 94.3 cm³/mol. The molecule has 1 aliphatic rings. The highest BCUT2D eigenvalue weighted by Gasteiger charge is 2.37. The summed E-state index contributed by atoms with van der Waals surface area (Å²) in [5.41, 5.74) is -1.77. The highest BCUT2D eigenvalue weighted by atomic mass is 35.5. The second kappa shape index (κ2) is 7.55. The molecule has 0 spiro atoms. The van der Waals surface area contributed by atoms with Gasteiger partial charge in [-0.25, -0.2) is 0 Å². The third-order valence-corrected chi connectivity index (χ3v) is 4.98. The van der Waals surface area contributed by atoms with Gasteiger partial charge in [0.2, 0.25) is 5.89 Å². The first kappa shape index (κ1) is 20.3. The van der Waals surface area contributed by atoms with Crippen molar-refractivity contribution in [3.63, 3.8) is 0 Å². The molecule has 1 aromatic heterocycles. The SMILES string of the molecule is Cc1noc(C(C)N2CCN(c3cc(Cl)c(C(F)(F)F)cc3[N+](=O)[O-])CC2)n1. The van der Waals surface area contributed by atoms with E-state index < -0.39 is 27.4 Å². The van der Waals surface area contributed by atoms with Gasteiger partial charge in [0.05, 0.1) is 21.6 Å². The summed E-state index contributed by atoms with van der Waals surface area (Å²) in [4.78, 5) is 18.4. The van der Waals surface area contributed by atoms with E-state index in [1.165, 1.54) is 0 Å². The number of benzene rings is 1. The normalized spacial score (nSPS) is 17.0. The first-order valence-electron chi connectivity index (χ1n) is 8.42. The number of nitrogens with zero attached hydrogens (tertiary/aromatic N) is 5. The van der Waals surface area contributed by atoms with Gasteiger partial charge in [-0.15, -0.1) is 0 Å². The molecule has 28 heavy (non-hydrogen) atoms. The molecule has 1 atom stereocenters. The molecule has 152 valence electrons. The molecule has 1 fully saturated rings. The molecule has 1 aromatic carbocycles. The largest absolute Gasteiger partial charge is 0.418 e. The van der Waals surface area contributed by atoms with Crippen molar-refractivity contribution in [2.45, 2.75) is 26.1 Å². The zero-order chi connectivity index (χ0) is 20.6. The lowest BCUT2D eigenvalue weighted by Gasteiger charge is -2.37. The van der Waals surface area contributed by atoms with Crippen molar-refractivity contribution >= 4 is 23.0 Å². The third kappa shape index (κ3) is 4.04. The van der Waals surface area contributed by atoms with Gasteiger partial charge in [-0.3, -0.25) is 15.0 Å². The second-order valence-electron chi connectivity index (χ2n) is 6.45. The van der Waals surface area contributed by atoms with Gasteiger partial charge in [0.15, 0.2) is 5.82 Å². The first-order valence-corrected chi connectivity index (χ1v) is 8.80. The van der Waals surface area contributed by atoms with Crippen LogP contribution in [0.5, 0.6) is 0 Å².